The molecular formula is C43H38. The highest BCUT2D eigenvalue weighted by atomic mass is 14.5. The third-order valence-corrected chi connectivity index (χ3v) is 11.1. The second kappa shape index (κ2) is 7.86. The first-order chi connectivity index (χ1) is 20.5. The average molecular weight is 555 g/mol. The van der Waals surface area contributed by atoms with Crippen molar-refractivity contribution in [3.8, 4) is 22.3 Å². The number of benzene rings is 6. The topological polar surface area (TPSA) is 0 Å². The van der Waals surface area contributed by atoms with Gasteiger partial charge in [0.05, 0.1) is 0 Å². The van der Waals surface area contributed by atoms with Gasteiger partial charge in [0.15, 0.2) is 0 Å². The fourth-order valence-electron chi connectivity index (χ4n) is 8.75. The second-order valence-electron chi connectivity index (χ2n) is 15.4. The highest BCUT2D eigenvalue weighted by Crippen LogP contribution is 2.59. The number of hydrogen-bond donors (Lipinski definition) is 0. The minimum Gasteiger partial charge on any atom is -0.0795 e. The molecule has 0 bridgehead atoms. The molecule has 0 saturated carbocycles. The molecule has 0 fully saturated rings. The molecule has 0 heteroatoms. The van der Waals surface area contributed by atoms with Crippen molar-refractivity contribution in [1.29, 1.82) is 0 Å². The molecule has 3 aliphatic carbocycles. The molecule has 0 saturated heterocycles. The van der Waals surface area contributed by atoms with Crippen LogP contribution in [0.15, 0.2) is 84.9 Å². The van der Waals surface area contributed by atoms with Gasteiger partial charge in [0.2, 0.25) is 0 Å². The van der Waals surface area contributed by atoms with Gasteiger partial charge in [-0.1, -0.05) is 121 Å². The van der Waals surface area contributed by atoms with Crippen molar-refractivity contribution in [2.24, 2.45) is 0 Å². The van der Waals surface area contributed by atoms with Gasteiger partial charge in [-0.25, -0.2) is 0 Å². The quantitative estimate of drug-likeness (QED) is 0.164. The molecule has 6 aromatic carbocycles. The number of hydrogen-bond acceptors (Lipinski definition) is 0. The van der Waals surface area contributed by atoms with Crippen LogP contribution in [-0.2, 0) is 22.7 Å². The van der Waals surface area contributed by atoms with E-state index >= 15 is 0 Å². The first-order valence-electron chi connectivity index (χ1n) is 15.9. The minimum absolute atomic E-state index is 0.0543. The molecule has 0 N–H and O–H groups in total. The lowest BCUT2D eigenvalue weighted by Crippen LogP contribution is -2.17. The number of rotatable bonds is 0. The standard InChI is InChI=1S/C43H38/c1-41(2,3)28-19-25-12-10-13-26-21-36-40(30-17-15-27(20-28)37(25)38(26)30)32-23-34-31(22-35(32)43(36,6)7)39-29-14-9-8-11-24(29)16-18-33(39)42(34,4)5/h8-11,13-23H,12H2,1-7H3. The fourth-order valence-corrected chi connectivity index (χ4v) is 8.75. The molecule has 0 radical (unpaired) electrons. The largest absolute Gasteiger partial charge is 0.0795 e. The SMILES string of the molecule is CC(C)(C)c1cc2c3c(ccc4c5c(cc(c43)C=CC2)C(C)(C)c2cc3c(cc2-5)C(C)(C)c2ccc4ccccc4c2-3)c1. The summed E-state index contributed by atoms with van der Waals surface area (Å²) in [6, 6.07) is 31.0. The molecule has 0 heterocycles. The van der Waals surface area contributed by atoms with Crippen LogP contribution in [0.1, 0.15) is 87.4 Å². The molecule has 0 unspecified atom stereocenters. The van der Waals surface area contributed by atoms with E-state index in [0.29, 0.717) is 0 Å². The summed E-state index contributed by atoms with van der Waals surface area (Å²) in [4.78, 5) is 0. The van der Waals surface area contributed by atoms with Gasteiger partial charge in [0, 0.05) is 10.8 Å². The summed E-state index contributed by atoms with van der Waals surface area (Å²) in [5, 5.41) is 8.34. The van der Waals surface area contributed by atoms with Gasteiger partial charge in [-0.2, -0.15) is 0 Å². The molecule has 0 amide bonds. The van der Waals surface area contributed by atoms with Crippen LogP contribution in [0.5, 0.6) is 0 Å². The molecule has 210 valence electrons. The van der Waals surface area contributed by atoms with Crippen molar-refractivity contribution in [3.63, 3.8) is 0 Å². The molecule has 0 atom stereocenters. The van der Waals surface area contributed by atoms with Crippen molar-refractivity contribution in [2.75, 3.05) is 0 Å². The first kappa shape index (κ1) is 25.3. The maximum atomic E-state index is 2.58. The molecule has 0 spiro atoms. The summed E-state index contributed by atoms with van der Waals surface area (Å²) in [6.45, 7) is 16.7. The summed E-state index contributed by atoms with van der Waals surface area (Å²) in [7, 11) is 0. The zero-order chi connectivity index (χ0) is 29.6. The van der Waals surface area contributed by atoms with E-state index in [1.54, 1.807) is 0 Å². The monoisotopic (exact) mass is 554 g/mol. The van der Waals surface area contributed by atoms with Crippen LogP contribution in [-0.4, -0.2) is 0 Å². The van der Waals surface area contributed by atoms with E-state index in [9.17, 15) is 0 Å². The van der Waals surface area contributed by atoms with Crippen molar-refractivity contribution in [2.45, 2.75) is 71.1 Å². The molecule has 3 aliphatic rings. The first-order valence-corrected chi connectivity index (χ1v) is 15.9. The predicted molar refractivity (Wildman–Crippen MR) is 186 cm³/mol. The van der Waals surface area contributed by atoms with E-state index in [1.165, 1.54) is 93.5 Å². The molecule has 0 aromatic heterocycles. The maximum absolute atomic E-state index is 2.58. The van der Waals surface area contributed by atoms with Crippen molar-refractivity contribution in [3.05, 3.63) is 124 Å². The van der Waals surface area contributed by atoms with Gasteiger partial charge in [0.1, 0.15) is 0 Å². The average Bonchev–Trinajstić information content (AvgIpc) is 3.22. The maximum Gasteiger partial charge on any atom is 0.0159 e. The van der Waals surface area contributed by atoms with Gasteiger partial charge in [-0.15, -0.1) is 0 Å². The Balaban J connectivity index is 1.38. The van der Waals surface area contributed by atoms with E-state index in [0.717, 1.165) is 6.42 Å². The van der Waals surface area contributed by atoms with E-state index in [4.69, 9.17) is 0 Å². The fraction of sp³-hybridized carbons (Fsp3) is 0.256. The third kappa shape index (κ3) is 3.12. The lowest BCUT2D eigenvalue weighted by atomic mass is 9.79. The van der Waals surface area contributed by atoms with Gasteiger partial charge >= 0.3 is 0 Å². The van der Waals surface area contributed by atoms with Gasteiger partial charge < -0.3 is 0 Å². The zero-order valence-electron chi connectivity index (χ0n) is 26.4. The Labute approximate surface area is 255 Å². The Morgan fingerprint density at radius 1 is 0.581 bits per heavy atom. The van der Waals surface area contributed by atoms with E-state index < -0.39 is 0 Å². The Hall–Kier alpha value is -4.16. The third-order valence-electron chi connectivity index (χ3n) is 11.1. The molecule has 0 nitrogen and oxygen atoms in total. The van der Waals surface area contributed by atoms with Gasteiger partial charge in [0.25, 0.3) is 0 Å². The van der Waals surface area contributed by atoms with Crippen molar-refractivity contribution in [1.82, 2.24) is 0 Å². The van der Waals surface area contributed by atoms with Gasteiger partial charge in [-0.3, -0.25) is 0 Å². The van der Waals surface area contributed by atoms with Crippen molar-refractivity contribution >= 4 is 38.4 Å². The van der Waals surface area contributed by atoms with E-state index in [1.807, 2.05) is 0 Å². The lowest BCUT2D eigenvalue weighted by molar-refractivity contribution is 0.590. The molecular weight excluding hydrogens is 516 g/mol. The van der Waals surface area contributed by atoms with Crippen LogP contribution in [0.2, 0.25) is 0 Å². The summed E-state index contributed by atoms with van der Waals surface area (Å²) in [6.07, 6.45) is 5.76. The number of fused-ring (bicyclic) bond motifs is 9. The molecule has 43 heavy (non-hydrogen) atoms. The molecule has 6 aromatic rings. The van der Waals surface area contributed by atoms with Gasteiger partial charge in [-0.05, 0) is 124 Å². The summed E-state index contributed by atoms with van der Waals surface area (Å²) >= 11 is 0. The highest BCUT2D eigenvalue weighted by Gasteiger charge is 2.43. The summed E-state index contributed by atoms with van der Waals surface area (Å²) in [5.74, 6) is 0. The second-order valence-corrected chi connectivity index (χ2v) is 15.4. The van der Waals surface area contributed by atoms with Crippen LogP contribution >= 0.6 is 0 Å². The Kier molecular flexibility index (Phi) is 4.63. The van der Waals surface area contributed by atoms with Crippen LogP contribution in [0.4, 0.5) is 0 Å². The predicted octanol–water partition coefficient (Wildman–Crippen LogP) is 11.6. The highest BCUT2D eigenvalue weighted by molar-refractivity contribution is 6.19. The van der Waals surface area contributed by atoms with Crippen LogP contribution in [0.3, 0.4) is 0 Å². The van der Waals surface area contributed by atoms with Crippen LogP contribution < -0.4 is 0 Å². The molecule has 9 rings (SSSR count). The van der Waals surface area contributed by atoms with Crippen LogP contribution in [0.25, 0.3) is 60.6 Å². The Morgan fingerprint density at radius 2 is 1.26 bits per heavy atom. The normalized spacial score (nSPS) is 16.9. The van der Waals surface area contributed by atoms with E-state index in [-0.39, 0.29) is 16.2 Å². The van der Waals surface area contributed by atoms with Crippen molar-refractivity contribution < 1.29 is 0 Å². The molecule has 0 aliphatic heterocycles. The minimum atomic E-state index is -0.0874. The van der Waals surface area contributed by atoms with Crippen LogP contribution in [0, 0.1) is 0 Å². The van der Waals surface area contributed by atoms with E-state index in [2.05, 4.69) is 139 Å². The Morgan fingerprint density at radius 3 is 2.00 bits per heavy atom. The zero-order valence-corrected chi connectivity index (χ0v) is 26.4. The number of allylic oxidation sites excluding steroid dienone is 1. The lowest BCUT2D eigenvalue weighted by Gasteiger charge is -2.24. The Bertz CT molecular complexity index is 2280. The summed E-state index contributed by atoms with van der Waals surface area (Å²) < 4.78 is 0. The smallest absolute Gasteiger partial charge is 0.0159 e. The summed E-state index contributed by atoms with van der Waals surface area (Å²) in [5.41, 5.74) is 15.8.